The van der Waals surface area contributed by atoms with E-state index in [0.29, 0.717) is 12.0 Å². The molecule has 0 aliphatic carbocycles. The van der Waals surface area contributed by atoms with Crippen LogP contribution in [0.3, 0.4) is 0 Å². The van der Waals surface area contributed by atoms with Crippen LogP contribution in [0.2, 0.25) is 0 Å². The third-order valence-electron chi connectivity index (χ3n) is 3.57. The van der Waals surface area contributed by atoms with Gasteiger partial charge < -0.3 is 10.1 Å². The molecule has 2 aromatic heterocycles. The first-order valence-electron chi connectivity index (χ1n) is 6.80. The molecule has 2 aromatic rings. The minimum Gasteiger partial charge on any atom is -0.381 e. The fourth-order valence-electron chi connectivity index (χ4n) is 2.14. The first-order valence-corrected chi connectivity index (χ1v) is 7.61. The maximum absolute atomic E-state index is 5.41. The van der Waals surface area contributed by atoms with E-state index in [-0.39, 0.29) is 0 Å². The van der Waals surface area contributed by atoms with Crippen LogP contribution >= 0.6 is 11.3 Å². The highest BCUT2D eigenvalue weighted by atomic mass is 32.1. The van der Waals surface area contributed by atoms with E-state index in [0.717, 1.165) is 48.4 Å². The van der Waals surface area contributed by atoms with Gasteiger partial charge in [0.2, 0.25) is 4.96 Å². The highest BCUT2D eigenvalue weighted by Crippen LogP contribution is 2.25. The summed E-state index contributed by atoms with van der Waals surface area (Å²) in [5.41, 5.74) is 0. The molecule has 2 atom stereocenters. The van der Waals surface area contributed by atoms with E-state index in [1.807, 2.05) is 4.52 Å². The molecule has 19 heavy (non-hydrogen) atoms. The normalized spacial score (nSPS) is 21.3. The summed E-state index contributed by atoms with van der Waals surface area (Å²) in [6, 6.07) is 0.511. The Morgan fingerprint density at radius 1 is 1.53 bits per heavy atom. The van der Waals surface area contributed by atoms with Gasteiger partial charge in [-0.05, 0) is 19.8 Å². The molecular formula is C12H19N5OS. The Kier molecular flexibility index (Phi) is 3.76. The first-order chi connectivity index (χ1) is 9.28. The first kappa shape index (κ1) is 13.0. The fourth-order valence-corrected chi connectivity index (χ4v) is 2.93. The van der Waals surface area contributed by atoms with Crippen LogP contribution in [0.15, 0.2) is 0 Å². The summed E-state index contributed by atoms with van der Waals surface area (Å²) >= 11 is 1.60. The van der Waals surface area contributed by atoms with Crippen LogP contribution in [-0.4, -0.2) is 39.1 Å². The summed E-state index contributed by atoms with van der Waals surface area (Å²) in [4.78, 5) is 0.878. The summed E-state index contributed by atoms with van der Waals surface area (Å²) < 4.78 is 7.30. The molecule has 1 saturated heterocycles. The number of ether oxygens (including phenoxy) is 1. The van der Waals surface area contributed by atoms with Crippen molar-refractivity contribution in [3.05, 3.63) is 10.8 Å². The Balaban J connectivity index is 1.77. The predicted octanol–water partition coefficient (Wildman–Crippen LogP) is 1.58. The van der Waals surface area contributed by atoms with Crippen LogP contribution in [0.25, 0.3) is 4.96 Å². The highest BCUT2D eigenvalue weighted by Gasteiger charge is 2.24. The predicted molar refractivity (Wildman–Crippen MR) is 73.4 cm³/mol. The third kappa shape index (κ3) is 2.63. The Bertz CT molecular complexity index is 545. The van der Waals surface area contributed by atoms with Crippen molar-refractivity contribution < 1.29 is 4.74 Å². The molecule has 3 heterocycles. The quantitative estimate of drug-likeness (QED) is 0.901. The topological polar surface area (TPSA) is 64.3 Å². The van der Waals surface area contributed by atoms with E-state index in [2.05, 4.69) is 34.5 Å². The van der Waals surface area contributed by atoms with Crippen LogP contribution in [-0.2, 0) is 11.3 Å². The third-order valence-corrected chi connectivity index (χ3v) is 4.46. The molecule has 3 rings (SSSR count). The monoisotopic (exact) mass is 281 g/mol. The van der Waals surface area contributed by atoms with Gasteiger partial charge in [-0.15, -0.1) is 10.2 Å². The zero-order valence-corrected chi connectivity index (χ0v) is 12.1. The van der Waals surface area contributed by atoms with Crippen LogP contribution in [0.1, 0.15) is 43.4 Å². The summed E-state index contributed by atoms with van der Waals surface area (Å²) in [5.74, 6) is 1.28. The Morgan fingerprint density at radius 3 is 3.16 bits per heavy atom. The molecule has 0 spiro atoms. The SMILES string of the molecule is CCC(C)NCc1nn2c(C3CCOC3)nnc2s1. The Labute approximate surface area is 116 Å². The molecule has 1 aliphatic heterocycles. The molecule has 1 N–H and O–H groups in total. The molecule has 0 bridgehead atoms. The zero-order valence-electron chi connectivity index (χ0n) is 11.3. The van der Waals surface area contributed by atoms with Gasteiger partial charge in [0.15, 0.2) is 5.82 Å². The van der Waals surface area contributed by atoms with Crippen LogP contribution in [0, 0.1) is 0 Å². The van der Waals surface area contributed by atoms with E-state index >= 15 is 0 Å². The largest absolute Gasteiger partial charge is 0.381 e. The summed E-state index contributed by atoms with van der Waals surface area (Å²) in [6.45, 7) is 6.70. The second-order valence-electron chi connectivity index (χ2n) is 5.00. The van der Waals surface area contributed by atoms with Gasteiger partial charge in [-0.2, -0.15) is 9.61 Å². The number of nitrogens with zero attached hydrogens (tertiary/aromatic N) is 4. The second kappa shape index (κ2) is 5.52. The Morgan fingerprint density at radius 2 is 2.42 bits per heavy atom. The molecule has 0 saturated carbocycles. The molecule has 0 amide bonds. The number of fused-ring (bicyclic) bond motifs is 1. The van der Waals surface area contributed by atoms with Gasteiger partial charge in [0.05, 0.1) is 6.61 Å². The van der Waals surface area contributed by atoms with Crippen LogP contribution < -0.4 is 5.32 Å². The molecule has 0 aromatic carbocycles. The minimum absolute atomic E-state index is 0.340. The van der Waals surface area contributed by atoms with Crippen molar-refractivity contribution in [1.82, 2.24) is 25.1 Å². The minimum atomic E-state index is 0.340. The lowest BCUT2D eigenvalue weighted by molar-refractivity contribution is 0.193. The fraction of sp³-hybridized carbons (Fsp3) is 0.750. The lowest BCUT2D eigenvalue weighted by Gasteiger charge is -2.08. The molecule has 6 nitrogen and oxygen atoms in total. The van der Waals surface area contributed by atoms with E-state index in [4.69, 9.17) is 4.74 Å². The maximum Gasteiger partial charge on any atom is 0.234 e. The smallest absolute Gasteiger partial charge is 0.234 e. The van der Waals surface area contributed by atoms with Crippen LogP contribution in [0.4, 0.5) is 0 Å². The van der Waals surface area contributed by atoms with Gasteiger partial charge in [0.1, 0.15) is 5.01 Å². The summed E-state index contributed by atoms with van der Waals surface area (Å²) in [7, 11) is 0. The van der Waals surface area contributed by atoms with Crippen molar-refractivity contribution in [3.8, 4) is 0 Å². The van der Waals surface area contributed by atoms with Crippen molar-refractivity contribution in [3.63, 3.8) is 0 Å². The standard InChI is InChI=1S/C12H19N5OS/c1-3-8(2)13-6-10-16-17-11(9-4-5-18-7-9)14-15-12(17)19-10/h8-9,13H,3-7H2,1-2H3. The number of hydrogen-bond acceptors (Lipinski definition) is 6. The van der Waals surface area contributed by atoms with Crippen molar-refractivity contribution in [2.24, 2.45) is 0 Å². The van der Waals surface area contributed by atoms with Gasteiger partial charge in [-0.1, -0.05) is 18.3 Å². The highest BCUT2D eigenvalue weighted by molar-refractivity contribution is 7.16. The summed E-state index contributed by atoms with van der Waals surface area (Å²) in [6.07, 6.45) is 2.13. The number of hydrogen-bond donors (Lipinski definition) is 1. The molecule has 7 heteroatoms. The van der Waals surface area contributed by atoms with Crippen molar-refractivity contribution in [2.75, 3.05) is 13.2 Å². The number of rotatable bonds is 5. The van der Waals surface area contributed by atoms with Gasteiger partial charge in [0, 0.05) is 25.1 Å². The van der Waals surface area contributed by atoms with E-state index < -0.39 is 0 Å². The average molecular weight is 281 g/mol. The summed E-state index contributed by atoms with van der Waals surface area (Å²) in [5, 5.41) is 17.6. The Hall–Kier alpha value is -1.05. The molecule has 1 fully saturated rings. The lowest BCUT2D eigenvalue weighted by Crippen LogP contribution is -2.24. The molecule has 2 unspecified atom stereocenters. The van der Waals surface area contributed by atoms with Gasteiger partial charge >= 0.3 is 0 Å². The van der Waals surface area contributed by atoms with Gasteiger partial charge in [0.25, 0.3) is 0 Å². The number of nitrogens with one attached hydrogen (secondary N) is 1. The van der Waals surface area contributed by atoms with Gasteiger partial charge in [-0.25, -0.2) is 0 Å². The molecule has 1 aliphatic rings. The van der Waals surface area contributed by atoms with Crippen LogP contribution in [0.5, 0.6) is 0 Å². The zero-order chi connectivity index (χ0) is 13.2. The molecule has 104 valence electrons. The molecule has 0 radical (unpaired) electrons. The van der Waals surface area contributed by atoms with Crippen molar-refractivity contribution in [2.45, 2.75) is 45.2 Å². The van der Waals surface area contributed by atoms with E-state index in [1.54, 1.807) is 11.3 Å². The number of aromatic nitrogens is 4. The van der Waals surface area contributed by atoms with Crippen molar-refractivity contribution >= 4 is 16.3 Å². The second-order valence-corrected chi connectivity index (χ2v) is 6.04. The maximum atomic E-state index is 5.41. The van der Waals surface area contributed by atoms with Crippen molar-refractivity contribution in [1.29, 1.82) is 0 Å². The van der Waals surface area contributed by atoms with E-state index in [1.165, 1.54) is 0 Å². The van der Waals surface area contributed by atoms with E-state index in [9.17, 15) is 0 Å². The average Bonchev–Trinajstić information content (AvgIpc) is 3.10. The lowest BCUT2D eigenvalue weighted by atomic mass is 10.1. The molecular weight excluding hydrogens is 262 g/mol. The van der Waals surface area contributed by atoms with Gasteiger partial charge in [-0.3, -0.25) is 0 Å².